The second kappa shape index (κ2) is 8.83. The van der Waals surface area contributed by atoms with Crippen LogP contribution < -0.4 is 15.5 Å². The van der Waals surface area contributed by atoms with E-state index in [1.165, 1.54) is 19.5 Å². The van der Waals surface area contributed by atoms with Gasteiger partial charge in [-0.3, -0.25) is 4.79 Å². The monoisotopic (exact) mass is 391 g/mol. The number of aromatic nitrogens is 2. The van der Waals surface area contributed by atoms with Gasteiger partial charge in [-0.2, -0.15) is 0 Å². The van der Waals surface area contributed by atoms with Crippen molar-refractivity contribution in [2.45, 2.75) is 0 Å². The standard InChI is InChI=1S/C21H21N5O3/c1-26(2)15-10-8-14(9-11-15)24-20(27)18-12-19(23-13-22-18)25-17-7-5-4-6-16(17)21(28)29-3/h4-13H,1-3H3,(H,24,27)(H,22,23,25). The molecule has 0 saturated heterocycles. The lowest BCUT2D eigenvalue weighted by Crippen LogP contribution is -2.15. The second-order valence-electron chi connectivity index (χ2n) is 6.35. The molecule has 0 atom stereocenters. The molecule has 29 heavy (non-hydrogen) atoms. The third kappa shape index (κ3) is 4.86. The van der Waals surface area contributed by atoms with E-state index in [0.717, 1.165) is 5.69 Å². The first kappa shape index (κ1) is 19.8. The van der Waals surface area contributed by atoms with E-state index in [-0.39, 0.29) is 11.6 Å². The average molecular weight is 391 g/mol. The zero-order valence-corrected chi connectivity index (χ0v) is 16.3. The molecule has 3 rings (SSSR count). The molecule has 3 aromatic rings. The maximum absolute atomic E-state index is 12.5. The van der Waals surface area contributed by atoms with Crippen LogP contribution in [0.2, 0.25) is 0 Å². The lowest BCUT2D eigenvalue weighted by molar-refractivity contribution is 0.0601. The normalized spacial score (nSPS) is 10.2. The lowest BCUT2D eigenvalue weighted by atomic mass is 10.2. The Labute approximate surface area is 168 Å². The number of esters is 1. The summed E-state index contributed by atoms with van der Waals surface area (Å²) in [5.41, 5.74) is 2.75. The number of para-hydroxylation sites is 1. The molecule has 8 nitrogen and oxygen atoms in total. The minimum Gasteiger partial charge on any atom is -0.465 e. The Hall–Kier alpha value is -3.94. The van der Waals surface area contributed by atoms with Crippen LogP contribution in [0, 0.1) is 0 Å². The van der Waals surface area contributed by atoms with Gasteiger partial charge >= 0.3 is 5.97 Å². The summed E-state index contributed by atoms with van der Waals surface area (Å²) in [6, 6.07) is 15.8. The molecule has 0 unspecified atom stereocenters. The summed E-state index contributed by atoms with van der Waals surface area (Å²) in [4.78, 5) is 34.6. The Morgan fingerprint density at radius 2 is 1.72 bits per heavy atom. The molecule has 0 radical (unpaired) electrons. The first-order chi connectivity index (χ1) is 14.0. The average Bonchev–Trinajstić information content (AvgIpc) is 2.74. The molecule has 2 N–H and O–H groups in total. The van der Waals surface area contributed by atoms with Crippen LogP contribution in [-0.4, -0.2) is 43.0 Å². The van der Waals surface area contributed by atoms with Crippen molar-refractivity contribution in [3.63, 3.8) is 0 Å². The van der Waals surface area contributed by atoms with Crippen molar-refractivity contribution in [1.82, 2.24) is 9.97 Å². The zero-order valence-electron chi connectivity index (χ0n) is 16.3. The summed E-state index contributed by atoms with van der Waals surface area (Å²) in [7, 11) is 5.21. The van der Waals surface area contributed by atoms with Crippen molar-refractivity contribution < 1.29 is 14.3 Å². The molecule has 148 valence electrons. The van der Waals surface area contributed by atoms with E-state index in [0.29, 0.717) is 22.8 Å². The van der Waals surface area contributed by atoms with E-state index >= 15 is 0 Å². The van der Waals surface area contributed by atoms with E-state index in [1.54, 1.807) is 24.3 Å². The van der Waals surface area contributed by atoms with Crippen molar-refractivity contribution >= 4 is 34.8 Å². The van der Waals surface area contributed by atoms with Gasteiger partial charge in [0, 0.05) is 31.5 Å². The third-order valence-corrected chi connectivity index (χ3v) is 4.14. The van der Waals surface area contributed by atoms with Crippen molar-refractivity contribution in [1.29, 1.82) is 0 Å². The number of hydrogen-bond acceptors (Lipinski definition) is 7. The van der Waals surface area contributed by atoms with Gasteiger partial charge in [-0.25, -0.2) is 14.8 Å². The predicted molar refractivity (Wildman–Crippen MR) is 112 cm³/mol. The molecule has 2 aromatic carbocycles. The van der Waals surface area contributed by atoms with Gasteiger partial charge in [-0.05, 0) is 36.4 Å². The van der Waals surface area contributed by atoms with Crippen molar-refractivity contribution in [3.05, 3.63) is 72.2 Å². The number of hydrogen-bond donors (Lipinski definition) is 2. The first-order valence-electron chi connectivity index (χ1n) is 8.83. The third-order valence-electron chi connectivity index (χ3n) is 4.14. The number of nitrogens with one attached hydrogen (secondary N) is 2. The molecular formula is C21H21N5O3. The molecule has 0 spiro atoms. The van der Waals surface area contributed by atoms with Crippen molar-refractivity contribution in [2.24, 2.45) is 0 Å². The summed E-state index contributed by atoms with van der Waals surface area (Å²) in [6.07, 6.45) is 1.28. The van der Waals surface area contributed by atoms with Gasteiger partial charge < -0.3 is 20.3 Å². The molecule has 1 amide bonds. The van der Waals surface area contributed by atoms with Crippen LogP contribution in [0.25, 0.3) is 0 Å². The lowest BCUT2D eigenvalue weighted by Gasteiger charge is -2.13. The summed E-state index contributed by atoms with van der Waals surface area (Å²) < 4.78 is 4.79. The highest BCUT2D eigenvalue weighted by Gasteiger charge is 2.13. The highest BCUT2D eigenvalue weighted by molar-refractivity contribution is 6.03. The van der Waals surface area contributed by atoms with Crippen LogP contribution in [0.15, 0.2) is 60.9 Å². The van der Waals surface area contributed by atoms with Gasteiger partial charge in [-0.15, -0.1) is 0 Å². The summed E-state index contributed by atoms with van der Waals surface area (Å²) >= 11 is 0. The largest absolute Gasteiger partial charge is 0.465 e. The maximum Gasteiger partial charge on any atom is 0.339 e. The molecule has 0 bridgehead atoms. The Balaban J connectivity index is 1.76. The van der Waals surface area contributed by atoms with E-state index in [1.807, 2.05) is 43.3 Å². The molecule has 0 aliphatic heterocycles. The Morgan fingerprint density at radius 1 is 1.00 bits per heavy atom. The number of benzene rings is 2. The van der Waals surface area contributed by atoms with Crippen LogP contribution in [0.1, 0.15) is 20.8 Å². The summed E-state index contributed by atoms with van der Waals surface area (Å²) in [6.45, 7) is 0. The number of amides is 1. The van der Waals surface area contributed by atoms with Crippen molar-refractivity contribution in [3.8, 4) is 0 Å². The van der Waals surface area contributed by atoms with Gasteiger partial charge in [0.2, 0.25) is 0 Å². The summed E-state index contributed by atoms with van der Waals surface area (Å²) in [5.74, 6) is -0.458. The topological polar surface area (TPSA) is 96.4 Å². The number of methoxy groups -OCH3 is 1. The molecular weight excluding hydrogens is 370 g/mol. The fourth-order valence-corrected chi connectivity index (χ4v) is 2.61. The molecule has 0 fully saturated rings. The SMILES string of the molecule is COC(=O)c1ccccc1Nc1cc(C(=O)Nc2ccc(N(C)C)cc2)ncn1. The van der Waals surface area contributed by atoms with E-state index in [4.69, 9.17) is 4.74 Å². The fourth-order valence-electron chi connectivity index (χ4n) is 2.61. The second-order valence-corrected chi connectivity index (χ2v) is 6.35. The smallest absolute Gasteiger partial charge is 0.339 e. The van der Waals surface area contributed by atoms with Crippen LogP contribution in [0.5, 0.6) is 0 Å². The molecule has 1 heterocycles. The van der Waals surface area contributed by atoms with Crippen LogP contribution >= 0.6 is 0 Å². The zero-order chi connectivity index (χ0) is 20.8. The van der Waals surface area contributed by atoms with Crippen LogP contribution in [0.3, 0.4) is 0 Å². The number of anilines is 4. The number of ether oxygens (including phenoxy) is 1. The van der Waals surface area contributed by atoms with E-state index < -0.39 is 5.97 Å². The number of carbonyl (C=O) groups excluding carboxylic acids is 2. The Bertz CT molecular complexity index is 1020. The number of carbonyl (C=O) groups is 2. The highest BCUT2D eigenvalue weighted by atomic mass is 16.5. The maximum atomic E-state index is 12.5. The summed E-state index contributed by atoms with van der Waals surface area (Å²) in [5, 5.41) is 5.83. The Morgan fingerprint density at radius 3 is 2.41 bits per heavy atom. The van der Waals surface area contributed by atoms with E-state index in [2.05, 4.69) is 20.6 Å². The molecule has 0 aliphatic rings. The number of nitrogens with zero attached hydrogens (tertiary/aromatic N) is 3. The number of rotatable bonds is 6. The van der Waals surface area contributed by atoms with Gasteiger partial charge in [0.25, 0.3) is 5.91 Å². The predicted octanol–water partition coefficient (Wildman–Crippen LogP) is 3.33. The molecule has 1 aromatic heterocycles. The van der Waals surface area contributed by atoms with E-state index in [9.17, 15) is 9.59 Å². The van der Waals surface area contributed by atoms with Gasteiger partial charge in [0.1, 0.15) is 17.8 Å². The minimum absolute atomic E-state index is 0.190. The van der Waals surface area contributed by atoms with Crippen molar-refractivity contribution in [2.75, 3.05) is 36.7 Å². The minimum atomic E-state index is -0.471. The van der Waals surface area contributed by atoms with Gasteiger partial charge in [-0.1, -0.05) is 12.1 Å². The van der Waals surface area contributed by atoms with Crippen LogP contribution in [-0.2, 0) is 4.74 Å². The first-order valence-corrected chi connectivity index (χ1v) is 8.83. The van der Waals surface area contributed by atoms with Crippen LogP contribution in [0.4, 0.5) is 22.9 Å². The molecule has 8 heteroatoms. The van der Waals surface area contributed by atoms with Gasteiger partial charge in [0.05, 0.1) is 18.4 Å². The quantitative estimate of drug-likeness (QED) is 0.622. The Kier molecular flexibility index (Phi) is 6.03. The van der Waals surface area contributed by atoms with Gasteiger partial charge in [0.15, 0.2) is 0 Å². The fraction of sp³-hybridized carbons (Fsp3) is 0.143. The molecule has 0 aliphatic carbocycles. The highest BCUT2D eigenvalue weighted by Crippen LogP contribution is 2.21. The molecule has 0 saturated carbocycles.